The summed E-state index contributed by atoms with van der Waals surface area (Å²) in [7, 11) is 0. The van der Waals surface area contributed by atoms with E-state index in [2.05, 4.69) is 26.4 Å². The van der Waals surface area contributed by atoms with Gasteiger partial charge in [0.25, 0.3) is 5.91 Å². The number of nitrogens with zero attached hydrogens (tertiary/aromatic N) is 1. The Morgan fingerprint density at radius 1 is 1.19 bits per heavy atom. The quantitative estimate of drug-likeness (QED) is 0.924. The molecule has 0 aliphatic carbocycles. The van der Waals surface area contributed by atoms with E-state index in [0.29, 0.717) is 13.2 Å². The number of amides is 1. The molecule has 0 atom stereocenters. The van der Waals surface area contributed by atoms with Crippen molar-refractivity contribution in [3.63, 3.8) is 0 Å². The van der Waals surface area contributed by atoms with Crippen molar-refractivity contribution in [2.75, 3.05) is 13.2 Å². The van der Waals surface area contributed by atoms with E-state index in [0.717, 1.165) is 22.9 Å². The molecule has 0 spiro atoms. The molecule has 5 nitrogen and oxygen atoms in total. The minimum Gasteiger partial charge on any atom is -0.381 e. The normalized spacial score (nSPS) is 17.4. The zero-order valence-corrected chi connectivity index (χ0v) is 12.9. The maximum atomic E-state index is 12.3. The molecule has 1 aromatic carbocycles. The summed E-state index contributed by atoms with van der Waals surface area (Å²) in [6.45, 7) is 1.24. The molecule has 110 valence electrons. The Hall–Kier alpha value is -1.66. The fraction of sp³-hybridized carbons (Fsp3) is 0.333. The summed E-state index contributed by atoms with van der Waals surface area (Å²) in [6.07, 6.45) is 2.86. The second kappa shape index (κ2) is 5.99. The fourth-order valence-electron chi connectivity index (χ4n) is 2.59. The number of benzene rings is 1. The van der Waals surface area contributed by atoms with Crippen LogP contribution in [0.3, 0.4) is 0 Å². The van der Waals surface area contributed by atoms with Crippen LogP contribution >= 0.6 is 15.9 Å². The molecule has 1 fully saturated rings. The van der Waals surface area contributed by atoms with Crippen LogP contribution in [0.4, 0.5) is 0 Å². The molecule has 2 heterocycles. The Kier molecular flexibility index (Phi) is 4.07. The third-order valence-electron chi connectivity index (χ3n) is 3.77. The number of hydrogen-bond acceptors (Lipinski definition) is 4. The topological polar surface area (TPSA) is 64.4 Å². The average Bonchev–Trinajstić information content (AvgIpc) is 3.03. The molecular weight excluding hydrogens is 336 g/mol. The summed E-state index contributed by atoms with van der Waals surface area (Å²) < 4.78 is 11.2. The summed E-state index contributed by atoms with van der Waals surface area (Å²) >= 11 is 3.44. The highest BCUT2D eigenvalue weighted by Gasteiger charge is 2.36. The maximum absolute atomic E-state index is 12.3. The van der Waals surface area contributed by atoms with Crippen LogP contribution in [0.5, 0.6) is 0 Å². The van der Waals surface area contributed by atoms with Crippen molar-refractivity contribution in [3.05, 3.63) is 52.3 Å². The van der Waals surface area contributed by atoms with Gasteiger partial charge in [0.15, 0.2) is 5.69 Å². The van der Waals surface area contributed by atoms with Crippen molar-refractivity contribution >= 4 is 21.8 Å². The molecule has 1 aromatic heterocycles. The van der Waals surface area contributed by atoms with Gasteiger partial charge in [-0.1, -0.05) is 33.2 Å². The van der Waals surface area contributed by atoms with E-state index >= 15 is 0 Å². The Balaban J connectivity index is 1.89. The highest BCUT2D eigenvalue weighted by Crippen LogP contribution is 2.33. The monoisotopic (exact) mass is 350 g/mol. The number of hydrogen-bond donors (Lipinski definition) is 1. The van der Waals surface area contributed by atoms with Gasteiger partial charge in [0.05, 0.1) is 5.54 Å². The molecule has 0 bridgehead atoms. The second-order valence-corrected chi connectivity index (χ2v) is 5.96. The van der Waals surface area contributed by atoms with Crippen LogP contribution in [0.1, 0.15) is 28.9 Å². The standard InChI is InChI=1S/C15H15BrN2O3/c16-12-3-1-11(2-4-12)15(6-9-20-10-7-15)17-14(19)13-5-8-21-18-13/h1-5,8H,6-7,9-10H2,(H,17,19). The third-order valence-corrected chi connectivity index (χ3v) is 4.30. The molecule has 21 heavy (non-hydrogen) atoms. The zero-order valence-electron chi connectivity index (χ0n) is 11.3. The van der Waals surface area contributed by atoms with Crippen LogP contribution in [-0.2, 0) is 10.3 Å². The Bertz CT molecular complexity index is 604. The molecule has 0 unspecified atom stereocenters. The predicted octanol–water partition coefficient (Wildman–Crippen LogP) is 2.87. The number of carbonyl (C=O) groups is 1. The molecule has 2 aromatic rings. The van der Waals surface area contributed by atoms with Crippen LogP contribution in [0.25, 0.3) is 0 Å². The molecule has 1 saturated heterocycles. The lowest BCUT2D eigenvalue weighted by Gasteiger charge is -2.38. The zero-order chi connectivity index (χ0) is 14.7. The van der Waals surface area contributed by atoms with E-state index in [1.165, 1.54) is 6.26 Å². The fourth-order valence-corrected chi connectivity index (χ4v) is 2.85. The lowest BCUT2D eigenvalue weighted by molar-refractivity contribution is 0.0343. The molecular formula is C15H15BrN2O3. The molecule has 6 heteroatoms. The summed E-state index contributed by atoms with van der Waals surface area (Å²) in [5.41, 5.74) is 0.943. The Morgan fingerprint density at radius 2 is 1.90 bits per heavy atom. The minimum atomic E-state index is -0.422. The minimum absolute atomic E-state index is 0.228. The molecule has 0 saturated carbocycles. The van der Waals surface area contributed by atoms with Crippen molar-refractivity contribution in [1.82, 2.24) is 10.5 Å². The number of halogens is 1. The van der Waals surface area contributed by atoms with Gasteiger partial charge in [-0.2, -0.15) is 0 Å². The van der Waals surface area contributed by atoms with Crippen LogP contribution in [0.2, 0.25) is 0 Å². The first-order chi connectivity index (χ1) is 10.2. The Labute approximate surface area is 130 Å². The van der Waals surface area contributed by atoms with Gasteiger partial charge in [-0.3, -0.25) is 4.79 Å². The first kappa shape index (κ1) is 14.3. The molecule has 1 aliphatic rings. The van der Waals surface area contributed by atoms with E-state index < -0.39 is 5.54 Å². The van der Waals surface area contributed by atoms with Crippen molar-refractivity contribution in [2.24, 2.45) is 0 Å². The van der Waals surface area contributed by atoms with Gasteiger partial charge in [-0.25, -0.2) is 0 Å². The van der Waals surface area contributed by atoms with Crippen LogP contribution in [-0.4, -0.2) is 24.3 Å². The summed E-state index contributed by atoms with van der Waals surface area (Å²) in [4.78, 5) is 12.3. The lowest BCUT2D eigenvalue weighted by Crippen LogP contribution is -2.49. The van der Waals surface area contributed by atoms with Gasteiger partial charge in [-0.05, 0) is 30.5 Å². The molecule has 1 N–H and O–H groups in total. The van der Waals surface area contributed by atoms with Crippen molar-refractivity contribution < 1.29 is 14.1 Å². The van der Waals surface area contributed by atoms with Crippen molar-refractivity contribution in [3.8, 4) is 0 Å². The summed E-state index contributed by atoms with van der Waals surface area (Å²) in [5, 5.41) is 6.81. The second-order valence-electron chi connectivity index (χ2n) is 5.04. The van der Waals surface area contributed by atoms with E-state index in [1.54, 1.807) is 6.07 Å². The van der Waals surface area contributed by atoms with Crippen molar-refractivity contribution in [2.45, 2.75) is 18.4 Å². The lowest BCUT2D eigenvalue weighted by atomic mass is 9.82. The van der Waals surface area contributed by atoms with Gasteiger partial charge in [0.2, 0.25) is 0 Å². The van der Waals surface area contributed by atoms with E-state index in [-0.39, 0.29) is 11.6 Å². The van der Waals surface area contributed by atoms with Crippen LogP contribution < -0.4 is 5.32 Å². The van der Waals surface area contributed by atoms with E-state index in [9.17, 15) is 4.79 Å². The first-order valence-electron chi connectivity index (χ1n) is 6.76. The van der Waals surface area contributed by atoms with Crippen LogP contribution in [0.15, 0.2) is 45.6 Å². The number of aromatic nitrogens is 1. The molecule has 1 aliphatic heterocycles. The van der Waals surface area contributed by atoms with Crippen molar-refractivity contribution in [1.29, 1.82) is 0 Å². The number of rotatable bonds is 3. The third kappa shape index (κ3) is 3.01. The first-order valence-corrected chi connectivity index (χ1v) is 7.56. The molecule has 1 amide bonds. The Morgan fingerprint density at radius 3 is 2.52 bits per heavy atom. The van der Waals surface area contributed by atoms with Gasteiger partial charge < -0.3 is 14.6 Å². The SMILES string of the molecule is O=C(NC1(c2ccc(Br)cc2)CCOCC1)c1ccon1. The van der Waals surface area contributed by atoms with Gasteiger partial charge in [-0.15, -0.1) is 0 Å². The number of nitrogens with one attached hydrogen (secondary N) is 1. The van der Waals surface area contributed by atoms with Gasteiger partial charge >= 0.3 is 0 Å². The number of ether oxygens (including phenoxy) is 1. The number of carbonyl (C=O) groups excluding carboxylic acids is 1. The van der Waals surface area contributed by atoms with Gasteiger partial charge in [0, 0.05) is 23.8 Å². The average molecular weight is 351 g/mol. The highest BCUT2D eigenvalue weighted by molar-refractivity contribution is 9.10. The summed E-state index contributed by atoms with van der Waals surface area (Å²) in [6, 6.07) is 9.57. The summed E-state index contributed by atoms with van der Waals surface area (Å²) in [5.74, 6) is -0.228. The van der Waals surface area contributed by atoms with E-state index in [4.69, 9.17) is 9.26 Å². The highest BCUT2D eigenvalue weighted by atomic mass is 79.9. The maximum Gasteiger partial charge on any atom is 0.274 e. The predicted molar refractivity (Wildman–Crippen MR) is 79.8 cm³/mol. The molecule has 0 radical (unpaired) electrons. The van der Waals surface area contributed by atoms with E-state index in [1.807, 2.05) is 24.3 Å². The largest absolute Gasteiger partial charge is 0.381 e. The van der Waals surface area contributed by atoms with Gasteiger partial charge in [0.1, 0.15) is 6.26 Å². The van der Waals surface area contributed by atoms with Crippen LogP contribution in [0, 0.1) is 0 Å². The molecule has 3 rings (SSSR count). The smallest absolute Gasteiger partial charge is 0.274 e.